The fraction of sp³-hybridized carbons (Fsp3) is 0.615. The first kappa shape index (κ1) is 12.0. The minimum Gasteiger partial charge on any atom is -0.362 e. The summed E-state index contributed by atoms with van der Waals surface area (Å²) in [5.74, 6) is 0.988. The summed E-state index contributed by atoms with van der Waals surface area (Å²) >= 11 is 0. The van der Waals surface area contributed by atoms with Crippen molar-refractivity contribution in [3.8, 4) is 0 Å². The first-order chi connectivity index (χ1) is 6.93. The van der Waals surface area contributed by atoms with Gasteiger partial charge >= 0.3 is 0 Å². The van der Waals surface area contributed by atoms with E-state index < -0.39 is 0 Å². The summed E-state index contributed by atoms with van der Waals surface area (Å²) in [7, 11) is 0. The van der Waals surface area contributed by atoms with Crippen LogP contribution < -0.4 is 5.32 Å². The van der Waals surface area contributed by atoms with Gasteiger partial charge < -0.3 is 5.32 Å². The highest BCUT2D eigenvalue weighted by Gasteiger charge is 2.17. The SMILES string of the molecule is CCC(C)N=C1C=CC(C)=CC(C)(C)N1. The van der Waals surface area contributed by atoms with Crippen molar-refractivity contribution in [2.24, 2.45) is 4.99 Å². The van der Waals surface area contributed by atoms with Gasteiger partial charge in [0.1, 0.15) is 5.84 Å². The molecule has 0 aromatic carbocycles. The minimum absolute atomic E-state index is 0.0140. The van der Waals surface area contributed by atoms with Crippen molar-refractivity contribution in [3.63, 3.8) is 0 Å². The third-order valence-electron chi connectivity index (χ3n) is 2.49. The normalized spacial score (nSPS) is 24.3. The number of aliphatic imine (C=N–C) groups is 1. The highest BCUT2D eigenvalue weighted by atomic mass is 15.0. The zero-order valence-electron chi connectivity index (χ0n) is 10.5. The summed E-state index contributed by atoms with van der Waals surface area (Å²) in [5, 5.41) is 3.44. The van der Waals surface area contributed by atoms with E-state index in [9.17, 15) is 0 Å². The molecule has 0 saturated carbocycles. The van der Waals surface area contributed by atoms with E-state index >= 15 is 0 Å². The molecule has 0 spiro atoms. The van der Waals surface area contributed by atoms with Crippen LogP contribution in [0.4, 0.5) is 0 Å². The molecule has 0 aromatic rings. The van der Waals surface area contributed by atoms with Crippen molar-refractivity contribution >= 4 is 5.84 Å². The predicted octanol–water partition coefficient (Wildman–Crippen LogP) is 3.07. The van der Waals surface area contributed by atoms with Gasteiger partial charge in [-0.1, -0.05) is 24.6 Å². The summed E-state index contributed by atoms with van der Waals surface area (Å²) in [6.45, 7) is 10.7. The van der Waals surface area contributed by atoms with Crippen LogP contribution in [0.3, 0.4) is 0 Å². The molecule has 0 fully saturated rings. The van der Waals surface area contributed by atoms with Crippen molar-refractivity contribution < 1.29 is 0 Å². The van der Waals surface area contributed by atoms with Crippen LogP contribution >= 0.6 is 0 Å². The van der Waals surface area contributed by atoms with Crippen molar-refractivity contribution in [2.75, 3.05) is 0 Å². The van der Waals surface area contributed by atoms with Gasteiger partial charge in [0.2, 0.25) is 0 Å². The molecule has 0 aliphatic carbocycles. The summed E-state index contributed by atoms with van der Waals surface area (Å²) < 4.78 is 0. The number of allylic oxidation sites excluding steroid dienone is 2. The lowest BCUT2D eigenvalue weighted by atomic mass is 10.0. The average molecular weight is 206 g/mol. The van der Waals surface area contributed by atoms with Gasteiger partial charge in [0.25, 0.3) is 0 Å². The number of nitrogens with zero attached hydrogens (tertiary/aromatic N) is 1. The molecule has 1 aliphatic heterocycles. The van der Waals surface area contributed by atoms with E-state index in [4.69, 9.17) is 0 Å². The highest BCUT2D eigenvalue weighted by molar-refractivity contribution is 5.94. The van der Waals surface area contributed by atoms with Crippen molar-refractivity contribution in [3.05, 3.63) is 23.8 Å². The molecule has 0 bridgehead atoms. The van der Waals surface area contributed by atoms with Gasteiger partial charge in [-0.2, -0.15) is 0 Å². The van der Waals surface area contributed by atoms with Gasteiger partial charge in [0.15, 0.2) is 0 Å². The smallest absolute Gasteiger partial charge is 0.121 e. The van der Waals surface area contributed by atoms with Crippen LogP contribution in [0.2, 0.25) is 0 Å². The molecule has 1 atom stereocenters. The summed E-state index contributed by atoms with van der Waals surface area (Å²) in [4.78, 5) is 4.63. The van der Waals surface area contributed by atoms with Gasteiger partial charge in [-0.3, -0.25) is 4.99 Å². The van der Waals surface area contributed by atoms with Crippen LogP contribution in [0.5, 0.6) is 0 Å². The molecule has 0 amide bonds. The number of nitrogens with one attached hydrogen (secondary N) is 1. The van der Waals surface area contributed by atoms with E-state index in [1.54, 1.807) is 0 Å². The Morgan fingerprint density at radius 1 is 1.40 bits per heavy atom. The fourth-order valence-corrected chi connectivity index (χ4v) is 1.64. The molecule has 2 nitrogen and oxygen atoms in total. The van der Waals surface area contributed by atoms with Crippen molar-refractivity contribution in [1.82, 2.24) is 5.32 Å². The van der Waals surface area contributed by atoms with Gasteiger partial charge in [0.05, 0.1) is 5.54 Å². The van der Waals surface area contributed by atoms with E-state index in [1.807, 2.05) is 0 Å². The molecule has 1 unspecified atom stereocenters. The second-order valence-electron chi connectivity index (χ2n) is 4.84. The first-order valence-corrected chi connectivity index (χ1v) is 5.66. The Bertz CT molecular complexity index is 308. The Hall–Kier alpha value is -1.05. The third kappa shape index (κ3) is 3.90. The van der Waals surface area contributed by atoms with Gasteiger partial charge in [-0.25, -0.2) is 0 Å². The van der Waals surface area contributed by atoms with Crippen molar-refractivity contribution in [2.45, 2.75) is 52.6 Å². The lowest BCUT2D eigenvalue weighted by molar-refractivity contribution is 0.571. The highest BCUT2D eigenvalue weighted by Crippen LogP contribution is 2.13. The molecule has 0 aromatic heterocycles. The van der Waals surface area contributed by atoms with E-state index in [0.29, 0.717) is 6.04 Å². The minimum atomic E-state index is -0.0140. The summed E-state index contributed by atoms with van der Waals surface area (Å²) in [6.07, 6.45) is 7.48. The van der Waals surface area contributed by atoms with Crippen molar-refractivity contribution in [1.29, 1.82) is 0 Å². The molecule has 1 aliphatic rings. The quantitative estimate of drug-likeness (QED) is 0.737. The molecule has 15 heavy (non-hydrogen) atoms. The van der Waals surface area contributed by atoms with Crippen LogP contribution in [0.1, 0.15) is 41.0 Å². The van der Waals surface area contributed by atoms with Gasteiger partial charge in [0, 0.05) is 6.04 Å². The maximum atomic E-state index is 4.63. The monoisotopic (exact) mass is 206 g/mol. The van der Waals surface area contributed by atoms with Gasteiger partial charge in [-0.15, -0.1) is 0 Å². The summed E-state index contributed by atoms with van der Waals surface area (Å²) in [5.41, 5.74) is 1.27. The molecular weight excluding hydrogens is 184 g/mol. The Morgan fingerprint density at radius 3 is 2.67 bits per heavy atom. The second-order valence-corrected chi connectivity index (χ2v) is 4.84. The van der Waals surface area contributed by atoms with E-state index in [1.165, 1.54) is 5.57 Å². The van der Waals surface area contributed by atoms with E-state index in [2.05, 4.69) is 63.2 Å². The average Bonchev–Trinajstić information content (AvgIpc) is 2.23. The second kappa shape index (κ2) is 4.65. The molecule has 1 N–H and O–H groups in total. The number of hydrogen-bond donors (Lipinski definition) is 1. The molecule has 2 heteroatoms. The largest absolute Gasteiger partial charge is 0.362 e. The molecule has 84 valence electrons. The molecule has 0 radical (unpaired) electrons. The van der Waals surface area contributed by atoms with Gasteiger partial charge in [-0.05, 0) is 40.2 Å². The maximum Gasteiger partial charge on any atom is 0.121 e. The Balaban J connectivity index is 2.88. The predicted molar refractivity (Wildman–Crippen MR) is 67.3 cm³/mol. The van der Waals surface area contributed by atoms with E-state index in [0.717, 1.165) is 12.3 Å². The Morgan fingerprint density at radius 2 is 2.07 bits per heavy atom. The first-order valence-electron chi connectivity index (χ1n) is 5.66. The topological polar surface area (TPSA) is 24.4 Å². The van der Waals surface area contributed by atoms with Crippen LogP contribution in [0, 0.1) is 0 Å². The summed E-state index contributed by atoms with van der Waals surface area (Å²) in [6, 6.07) is 0.381. The molecule has 1 rings (SSSR count). The molecular formula is C13H22N2. The fourth-order valence-electron chi connectivity index (χ4n) is 1.64. The number of amidine groups is 1. The number of hydrogen-bond acceptors (Lipinski definition) is 1. The third-order valence-corrected chi connectivity index (χ3v) is 2.49. The van der Waals surface area contributed by atoms with E-state index in [-0.39, 0.29) is 5.54 Å². The molecule has 0 saturated heterocycles. The lowest BCUT2D eigenvalue weighted by Gasteiger charge is -2.23. The maximum absolute atomic E-state index is 4.63. The Kier molecular flexibility index (Phi) is 3.72. The lowest BCUT2D eigenvalue weighted by Crippen LogP contribution is -2.40. The van der Waals surface area contributed by atoms with Crippen LogP contribution in [0.15, 0.2) is 28.8 Å². The Labute approximate surface area is 93.2 Å². The zero-order chi connectivity index (χ0) is 11.5. The van der Waals surface area contributed by atoms with Crippen LogP contribution in [-0.2, 0) is 0 Å². The number of rotatable bonds is 2. The molecule has 1 heterocycles. The standard InChI is InChI=1S/C13H22N2/c1-6-11(3)14-12-8-7-10(2)9-13(4,5)15-12/h7-9,11H,6H2,1-5H3,(H,14,15). The van der Waals surface area contributed by atoms with Crippen LogP contribution in [0.25, 0.3) is 0 Å². The van der Waals surface area contributed by atoms with Crippen LogP contribution in [-0.4, -0.2) is 17.4 Å². The zero-order valence-corrected chi connectivity index (χ0v) is 10.5.